The maximum Gasteiger partial charge on any atom is 0.164 e. The van der Waals surface area contributed by atoms with E-state index >= 15 is 0 Å². The summed E-state index contributed by atoms with van der Waals surface area (Å²) < 4.78 is 0. The van der Waals surface area contributed by atoms with Gasteiger partial charge in [-0.1, -0.05) is 152 Å². The minimum Gasteiger partial charge on any atom is -0.208 e. The van der Waals surface area contributed by atoms with Crippen molar-refractivity contribution in [3.05, 3.63) is 187 Å². The quantitative estimate of drug-likeness (QED) is 0.163. The minimum absolute atomic E-state index is 0.208. The van der Waals surface area contributed by atoms with Gasteiger partial charge in [0.1, 0.15) is 0 Å². The first-order valence-corrected chi connectivity index (χ1v) is 20.7. The van der Waals surface area contributed by atoms with Gasteiger partial charge in [0.25, 0.3) is 0 Å². The van der Waals surface area contributed by atoms with Crippen LogP contribution in [-0.4, -0.2) is 15.0 Å². The Bertz CT molecular complexity index is 2780. The van der Waals surface area contributed by atoms with Gasteiger partial charge in [0, 0.05) is 16.7 Å². The molecule has 2 unspecified atom stereocenters. The van der Waals surface area contributed by atoms with E-state index in [0.717, 1.165) is 39.5 Å². The number of hydrogen-bond donors (Lipinski definition) is 0. The molecule has 0 saturated heterocycles. The van der Waals surface area contributed by atoms with E-state index in [4.69, 9.17) is 15.0 Å². The van der Waals surface area contributed by atoms with Crippen LogP contribution < -0.4 is 0 Å². The van der Waals surface area contributed by atoms with Gasteiger partial charge in [0.15, 0.2) is 17.5 Å². The molecule has 0 spiro atoms. The van der Waals surface area contributed by atoms with E-state index in [2.05, 4.69) is 121 Å². The summed E-state index contributed by atoms with van der Waals surface area (Å²) in [5, 5.41) is 11.8. The third kappa shape index (κ3) is 5.93. The zero-order valence-corrected chi connectivity index (χ0v) is 32.4. The molecule has 4 aliphatic carbocycles. The summed E-state index contributed by atoms with van der Waals surface area (Å²) in [6.07, 6.45) is 7.78. The lowest BCUT2D eigenvalue weighted by atomic mass is 9.41. The standard InChI is InChI=1S/C54H42N4/c55-34-36-10-9-15-43(29-36)39-18-22-44(23-19-39)53-30-37-28-38(31-53)33-54(32-37,35-53)45-24-20-40(21-25-45)46-26-27-49(48-17-8-7-16-47(46)48)52-57-50(41-11-3-1-4-12-41)56-51(58-52)42-13-5-2-6-14-42/h1-27,29,37-38H,28,30-33,35H2. The molecule has 278 valence electrons. The Labute approximate surface area is 340 Å². The lowest BCUT2D eigenvalue weighted by Gasteiger charge is -2.63. The molecule has 4 saturated carbocycles. The summed E-state index contributed by atoms with van der Waals surface area (Å²) in [4.78, 5) is 15.1. The summed E-state index contributed by atoms with van der Waals surface area (Å²) in [6.45, 7) is 0. The van der Waals surface area contributed by atoms with Gasteiger partial charge in [-0.15, -0.1) is 0 Å². The van der Waals surface area contributed by atoms with Crippen LogP contribution in [0.3, 0.4) is 0 Å². The molecular weight excluding hydrogens is 705 g/mol. The van der Waals surface area contributed by atoms with Crippen molar-refractivity contribution in [2.45, 2.75) is 49.4 Å². The SMILES string of the molecule is N#Cc1cccc(-c2ccc(C34CC5CC(C3)CC(c3ccc(-c6ccc(-c7nc(-c8ccccc8)nc(-c8ccccc8)n7)c7ccccc67)cc3)(C5)C4)cc2)c1. The van der Waals surface area contributed by atoms with Gasteiger partial charge in [-0.2, -0.15) is 5.26 Å². The largest absolute Gasteiger partial charge is 0.208 e. The Balaban J connectivity index is 0.928. The topological polar surface area (TPSA) is 62.5 Å². The molecule has 2 atom stereocenters. The van der Waals surface area contributed by atoms with Crippen molar-refractivity contribution in [1.29, 1.82) is 5.26 Å². The maximum atomic E-state index is 9.45. The highest BCUT2D eigenvalue weighted by Crippen LogP contribution is 2.66. The second kappa shape index (κ2) is 13.7. The van der Waals surface area contributed by atoms with Crippen LogP contribution in [0.4, 0.5) is 0 Å². The third-order valence-electron chi connectivity index (χ3n) is 13.6. The third-order valence-corrected chi connectivity index (χ3v) is 13.6. The lowest BCUT2D eigenvalue weighted by Crippen LogP contribution is -2.55. The van der Waals surface area contributed by atoms with E-state index in [9.17, 15) is 5.26 Å². The van der Waals surface area contributed by atoms with Crippen LogP contribution in [0.1, 0.15) is 55.2 Å². The minimum atomic E-state index is 0.208. The first-order valence-electron chi connectivity index (χ1n) is 20.7. The zero-order valence-electron chi connectivity index (χ0n) is 32.4. The predicted octanol–water partition coefficient (Wildman–Crippen LogP) is 13.0. The summed E-state index contributed by atoms with van der Waals surface area (Å²) in [5.74, 6) is 3.54. The number of nitriles is 1. The van der Waals surface area contributed by atoms with E-state index in [-0.39, 0.29) is 10.8 Å². The molecule has 4 nitrogen and oxygen atoms in total. The van der Waals surface area contributed by atoms with Gasteiger partial charge in [-0.05, 0) is 124 Å². The number of fused-ring (bicyclic) bond motifs is 1. The Morgan fingerprint density at radius 2 is 0.914 bits per heavy atom. The fourth-order valence-electron chi connectivity index (χ4n) is 11.4. The second-order valence-corrected chi connectivity index (χ2v) is 17.1. The van der Waals surface area contributed by atoms with Gasteiger partial charge in [-0.3, -0.25) is 0 Å². The molecule has 0 radical (unpaired) electrons. The van der Waals surface area contributed by atoms with E-state index in [0.29, 0.717) is 23.0 Å². The van der Waals surface area contributed by atoms with Crippen molar-refractivity contribution in [3.63, 3.8) is 0 Å². The van der Waals surface area contributed by atoms with Crippen LogP contribution in [0.5, 0.6) is 0 Å². The fraction of sp³-hybridized carbons (Fsp3) is 0.185. The highest BCUT2D eigenvalue weighted by atomic mass is 15.0. The van der Waals surface area contributed by atoms with Crippen LogP contribution in [0.2, 0.25) is 0 Å². The predicted molar refractivity (Wildman–Crippen MR) is 234 cm³/mol. The van der Waals surface area contributed by atoms with Crippen molar-refractivity contribution in [2.75, 3.05) is 0 Å². The van der Waals surface area contributed by atoms with Gasteiger partial charge in [-0.25, -0.2) is 15.0 Å². The lowest BCUT2D eigenvalue weighted by molar-refractivity contribution is -0.0281. The zero-order chi connectivity index (χ0) is 38.7. The average Bonchev–Trinajstić information content (AvgIpc) is 3.29. The van der Waals surface area contributed by atoms with Crippen molar-refractivity contribution in [2.24, 2.45) is 11.8 Å². The van der Waals surface area contributed by atoms with Crippen LogP contribution in [0, 0.1) is 23.2 Å². The molecule has 4 aliphatic rings. The average molecular weight is 747 g/mol. The van der Waals surface area contributed by atoms with Crippen LogP contribution >= 0.6 is 0 Å². The number of nitrogens with zero attached hydrogens (tertiary/aromatic N) is 4. The second-order valence-electron chi connectivity index (χ2n) is 17.1. The first-order chi connectivity index (χ1) is 28.5. The molecule has 12 rings (SSSR count). The summed E-state index contributed by atoms with van der Waals surface area (Å²) >= 11 is 0. The molecule has 58 heavy (non-hydrogen) atoms. The molecular formula is C54H42N4. The number of hydrogen-bond acceptors (Lipinski definition) is 4. The van der Waals surface area contributed by atoms with Crippen LogP contribution in [-0.2, 0) is 10.8 Å². The van der Waals surface area contributed by atoms with Crippen molar-refractivity contribution >= 4 is 10.8 Å². The summed E-state index contributed by atoms with van der Waals surface area (Å²) in [5.41, 5.74) is 11.8. The van der Waals surface area contributed by atoms with E-state index in [1.807, 2.05) is 54.6 Å². The Kier molecular flexibility index (Phi) is 8.19. The Hall–Kier alpha value is -6.70. The monoisotopic (exact) mass is 746 g/mol. The van der Waals surface area contributed by atoms with Crippen molar-refractivity contribution < 1.29 is 0 Å². The molecule has 0 amide bonds. The fourth-order valence-corrected chi connectivity index (χ4v) is 11.4. The normalized spacial score (nSPS) is 21.8. The van der Waals surface area contributed by atoms with Gasteiger partial charge in [0.05, 0.1) is 11.6 Å². The number of aromatic nitrogens is 3. The summed E-state index contributed by atoms with van der Waals surface area (Å²) in [7, 11) is 0. The molecule has 4 fully saturated rings. The summed E-state index contributed by atoms with van der Waals surface area (Å²) in [6, 6.07) is 62.7. The smallest absolute Gasteiger partial charge is 0.164 e. The molecule has 0 N–H and O–H groups in total. The van der Waals surface area contributed by atoms with Crippen molar-refractivity contribution in [3.8, 4) is 62.5 Å². The maximum absolute atomic E-state index is 9.45. The van der Waals surface area contributed by atoms with E-state index < -0.39 is 0 Å². The number of rotatable bonds is 7. The van der Waals surface area contributed by atoms with Gasteiger partial charge >= 0.3 is 0 Å². The first kappa shape index (κ1) is 34.5. The van der Waals surface area contributed by atoms with Crippen LogP contribution in [0.15, 0.2) is 170 Å². The molecule has 7 aromatic carbocycles. The Morgan fingerprint density at radius 1 is 0.431 bits per heavy atom. The van der Waals surface area contributed by atoms with Gasteiger partial charge < -0.3 is 0 Å². The van der Waals surface area contributed by atoms with Crippen LogP contribution in [0.25, 0.3) is 67.2 Å². The highest BCUT2D eigenvalue weighted by molar-refractivity contribution is 6.04. The molecule has 1 aromatic heterocycles. The van der Waals surface area contributed by atoms with Crippen molar-refractivity contribution in [1.82, 2.24) is 15.0 Å². The number of benzene rings is 7. The molecule has 1 heterocycles. The highest BCUT2D eigenvalue weighted by Gasteiger charge is 2.58. The molecule has 4 heteroatoms. The van der Waals surface area contributed by atoms with E-state index in [1.54, 1.807) is 0 Å². The molecule has 8 aromatic rings. The van der Waals surface area contributed by atoms with Gasteiger partial charge in [0.2, 0.25) is 0 Å². The van der Waals surface area contributed by atoms with E-state index in [1.165, 1.54) is 71.7 Å². The molecule has 0 aliphatic heterocycles. The molecule has 4 bridgehead atoms. The Morgan fingerprint density at radius 3 is 1.48 bits per heavy atom.